The summed E-state index contributed by atoms with van der Waals surface area (Å²) in [5, 5.41) is 15.2. The van der Waals surface area contributed by atoms with Gasteiger partial charge in [0.25, 0.3) is 0 Å². The summed E-state index contributed by atoms with van der Waals surface area (Å²) < 4.78 is 6.95. The number of nitrogens with zero attached hydrogens (tertiary/aromatic N) is 3. The minimum atomic E-state index is -0.398. The van der Waals surface area contributed by atoms with Crippen LogP contribution in [0.1, 0.15) is 39.8 Å². The zero-order valence-corrected chi connectivity index (χ0v) is 21.8. The molecule has 0 aliphatic rings. The Kier molecular flexibility index (Phi) is 8.58. The number of aryl methyl sites for hydroxylation is 2. The second-order valence-corrected chi connectivity index (χ2v) is 9.33. The largest absolute Gasteiger partial charge is 0.462 e. The summed E-state index contributed by atoms with van der Waals surface area (Å²) in [5.74, 6) is 0.973. The van der Waals surface area contributed by atoms with Crippen molar-refractivity contribution >= 4 is 29.4 Å². The molecule has 9 heteroatoms. The molecule has 2 amide bonds. The number of amides is 2. The van der Waals surface area contributed by atoms with Crippen molar-refractivity contribution in [1.82, 2.24) is 20.1 Å². The van der Waals surface area contributed by atoms with Crippen LogP contribution < -0.4 is 10.6 Å². The third-order valence-electron chi connectivity index (χ3n) is 5.67. The van der Waals surface area contributed by atoms with Gasteiger partial charge in [0.2, 0.25) is 0 Å². The number of ether oxygens (including phenoxy) is 1. The Hall–Kier alpha value is -4.11. The van der Waals surface area contributed by atoms with Crippen molar-refractivity contribution in [2.75, 3.05) is 11.9 Å². The number of carbonyl (C=O) groups is 2. The number of thioether (sulfide) groups is 1. The number of benzene rings is 3. The SMILES string of the molecule is CCOC(=O)c1ccc(NC(=O)NCc2nnc(SCc3ccccc3C)n2-c2ccc(C)cc2)cc1. The predicted molar refractivity (Wildman–Crippen MR) is 145 cm³/mol. The lowest BCUT2D eigenvalue weighted by Gasteiger charge is -2.12. The summed E-state index contributed by atoms with van der Waals surface area (Å²) in [6, 6.07) is 22.5. The van der Waals surface area contributed by atoms with E-state index < -0.39 is 12.0 Å². The number of urea groups is 1. The minimum absolute atomic E-state index is 0.179. The average molecular weight is 516 g/mol. The van der Waals surface area contributed by atoms with Gasteiger partial charge in [-0.1, -0.05) is 53.7 Å². The van der Waals surface area contributed by atoms with E-state index in [1.54, 1.807) is 43.0 Å². The van der Waals surface area contributed by atoms with Crippen LogP contribution >= 0.6 is 11.8 Å². The van der Waals surface area contributed by atoms with Gasteiger partial charge < -0.3 is 15.4 Å². The fourth-order valence-corrected chi connectivity index (χ4v) is 4.66. The molecule has 0 bridgehead atoms. The van der Waals surface area contributed by atoms with Gasteiger partial charge >= 0.3 is 12.0 Å². The summed E-state index contributed by atoms with van der Waals surface area (Å²) in [7, 11) is 0. The van der Waals surface area contributed by atoms with E-state index >= 15 is 0 Å². The van der Waals surface area contributed by atoms with Crippen LogP contribution in [0.4, 0.5) is 10.5 Å². The molecule has 0 saturated heterocycles. The van der Waals surface area contributed by atoms with Crippen LogP contribution in [0.5, 0.6) is 0 Å². The van der Waals surface area contributed by atoms with E-state index in [0.717, 1.165) is 22.2 Å². The fourth-order valence-electron chi connectivity index (χ4n) is 3.61. The molecular formula is C28H29N5O3S. The lowest BCUT2D eigenvalue weighted by Crippen LogP contribution is -2.29. The first kappa shape index (κ1) is 26.0. The van der Waals surface area contributed by atoms with E-state index in [-0.39, 0.29) is 6.54 Å². The van der Waals surface area contributed by atoms with E-state index in [2.05, 4.69) is 39.9 Å². The van der Waals surface area contributed by atoms with Gasteiger partial charge in [-0.3, -0.25) is 4.57 Å². The molecule has 37 heavy (non-hydrogen) atoms. The van der Waals surface area contributed by atoms with E-state index in [1.165, 1.54) is 11.1 Å². The summed E-state index contributed by atoms with van der Waals surface area (Å²) >= 11 is 1.60. The van der Waals surface area contributed by atoms with E-state index in [1.807, 2.05) is 47.9 Å². The molecule has 4 aromatic rings. The molecule has 0 aliphatic heterocycles. The number of anilines is 1. The zero-order chi connectivity index (χ0) is 26.2. The van der Waals surface area contributed by atoms with E-state index in [0.29, 0.717) is 23.7 Å². The predicted octanol–water partition coefficient (Wildman–Crippen LogP) is 5.67. The summed E-state index contributed by atoms with van der Waals surface area (Å²) in [4.78, 5) is 24.4. The van der Waals surface area contributed by atoms with Gasteiger partial charge in [-0.05, 0) is 68.3 Å². The van der Waals surface area contributed by atoms with Crippen LogP contribution in [0.25, 0.3) is 5.69 Å². The highest BCUT2D eigenvalue weighted by atomic mass is 32.2. The highest BCUT2D eigenvalue weighted by Crippen LogP contribution is 2.26. The lowest BCUT2D eigenvalue weighted by molar-refractivity contribution is 0.0526. The number of hydrogen-bond donors (Lipinski definition) is 2. The molecule has 4 rings (SSSR count). The number of nitrogens with one attached hydrogen (secondary N) is 2. The Balaban J connectivity index is 1.46. The lowest BCUT2D eigenvalue weighted by atomic mass is 10.1. The molecule has 0 atom stereocenters. The highest BCUT2D eigenvalue weighted by molar-refractivity contribution is 7.98. The van der Waals surface area contributed by atoms with Gasteiger partial charge in [-0.15, -0.1) is 10.2 Å². The standard InChI is InChI=1S/C28H29N5O3S/c1-4-36-26(34)21-11-13-23(14-12-21)30-27(35)29-17-25-31-32-28(33(25)24-15-9-19(2)10-16-24)37-18-22-8-6-5-7-20(22)3/h5-16H,4,17-18H2,1-3H3,(H2,29,30,35). The second-order valence-electron chi connectivity index (χ2n) is 8.39. The zero-order valence-electron chi connectivity index (χ0n) is 21.0. The molecular weight excluding hydrogens is 486 g/mol. The average Bonchev–Trinajstić information content (AvgIpc) is 3.31. The van der Waals surface area contributed by atoms with Crippen molar-refractivity contribution in [3.05, 3.63) is 101 Å². The van der Waals surface area contributed by atoms with Gasteiger partial charge in [-0.25, -0.2) is 9.59 Å². The van der Waals surface area contributed by atoms with Gasteiger partial charge in [-0.2, -0.15) is 0 Å². The number of aromatic nitrogens is 3. The molecule has 0 saturated carbocycles. The molecule has 1 heterocycles. The molecule has 0 spiro atoms. The van der Waals surface area contributed by atoms with Crippen LogP contribution in [0.2, 0.25) is 0 Å². The maximum Gasteiger partial charge on any atom is 0.338 e. The minimum Gasteiger partial charge on any atom is -0.462 e. The summed E-state index contributed by atoms with van der Waals surface area (Å²) in [6.45, 7) is 6.37. The number of rotatable bonds is 9. The third kappa shape index (κ3) is 6.77. The van der Waals surface area contributed by atoms with Crippen molar-refractivity contribution in [3.8, 4) is 5.69 Å². The molecule has 8 nitrogen and oxygen atoms in total. The smallest absolute Gasteiger partial charge is 0.338 e. The maximum absolute atomic E-state index is 12.6. The van der Waals surface area contributed by atoms with Crippen molar-refractivity contribution < 1.29 is 14.3 Å². The Morgan fingerprint density at radius 3 is 2.38 bits per heavy atom. The van der Waals surface area contributed by atoms with Crippen LogP contribution in [0.15, 0.2) is 78.0 Å². The fraction of sp³-hybridized carbons (Fsp3) is 0.214. The van der Waals surface area contributed by atoms with Gasteiger partial charge in [0.05, 0.1) is 18.7 Å². The van der Waals surface area contributed by atoms with Gasteiger partial charge in [0.15, 0.2) is 11.0 Å². The van der Waals surface area contributed by atoms with Crippen LogP contribution in [0.3, 0.4) is 0 Å². The number of esters is 1. The van der Waals surface area contributed by atoms with Crippen LogP contribution in [0, 0.1) is 13.8 Å². The van der Waals surface area contributed by atoms with Crippen LogP contribution in [-0.4, -0.2) is 33.4 Å². The second kappa shape index (κ2) is 12.2. The number of hydrogen-bond acceptors (Lipinski definition) is 6. The molecule has 0 fully saturated rings. The normalized spacial score (nSPS) is 10.7. The van der Waals surface area contributed by atoms with Gasteiger partial charge in [0, 0.05) is 17.1 Å². The highest BCUT2D eigenvalue weighted by Gasteiger charge is 2.16. The molecule has 190 valence electrons. The summed E-state index contributed by atoms with van der Waals surface area (Å²) in [5.41, 5.74) is 5.52. The molecule has 0 unspecified atom stereocenters. The van der Waals surface area contributed by atoms with Gasteiger partial charge in [0.1, 0.15) is 0 Å². The van der Waals surface area contributed by atoms with E-state index in [4.69, 9.17) is 4.74 Å². The molecule has 1 aromatic heterocycles. The van der Waals surface area contributed by atoms with E-state index in [9.17, 15) is 9.59 Å². The van der Waals surface area contributed by atoms with Crippen molar-refractivity contribution in [3.63, 3.8) is 0 Å². The quantitative estimate of drug-likeness (QED) is 0.220. The molecule has 3 aromatic carbocycles. The third-order valence-corrected chi connectivity index (χ3v) is 6.65. The van der Waals surface area contributed by atoms with Crippen molar-refractivity contribution in [2.24, 2.45) is 0 Å². The Morgan fingerprint density at radius 1 is 0.946 bits per heavy atom. The Bertz CT molecular complexity index is 1370. The first-order chi connectivity index (χ1) is 17.9. The molecule has 0 radical (unpaired) electrons. The topological polar surface area (TPSA) is 98.1 Å². The molecule has 2 N–H and O–H groups in total. The Labute approximate surface area is 220 Å². The first-order valence-corrected chi connectivity index (χ1v) is 12.9. The van der Waals surface area contributed by atoms with Crippen molar-refractivity contribution in [1.29, 1.82) is 0 Å². The number of carbonyl (C=O) groups excluding carboxylic acids is 2. The Morgan fingerprint density at radius 2 is 1.68 bits per heavy atom. The first-order valence-electron chi connectivity index (χ1n) is 11.9. The van der Waals surface area contributed by atoms with Crippen LogP contribution in [-0.2, 0) is 17.0 Å². The monoisotopic (exact) mass is 515 g/mol. The maximum atomic E-state index is 12.6. The molecule has 0 aliphatic carbocycles. The van der Waals surface area contributed by atoms with Crippen molar-refractivity contribution in [2.45, 2.75) is 38.2 Å². The summed E-state index contributed by atoms with van der Waals surface area (Å²) in [6.07, 6.45) is 0.